The molecular formula is C15H10F3NO4. The summed E-state index contributed by atoms with van der Waals surface area (Å²) >= 11 is 0. The zero-order valence-corrected chi connectivity index (χ0v) is 11.4. The molecule has 0 heterocycles. The number of halogens is 3. The highest BCUT2D eigenvalue weighted by Gasteiger charge is 2.31. The van der Waals surface area contributed by atoms with E-state index in [0.29, 0.717) is 12.1 Å². The monoisotopic (exact) mass is 325 g/mol. The maximum absolute atomic E-state index is 12.8. The molecule has 2 rings (SSSR count). The number of para-hydroxylation sites is 1. The number of alkyl halides is 3. The van der Waals surface area contributed by atoms with E-state index in [1.165, 1.54) is 24.3 Å². The summed E-state index contributed by atoms with van der Waals surface area (Å²) < 4.78 is 38.3. The van der Waals surface area contributed by atoms with E-state index >= 15 is 0 Å². The first kappa shape index (κ1) is 16.3. The van der Waals surface area contributed by atoms with Crippen molar-refractivity contribution >= 4 is 23.3 Å². The Bertz CT molecular complexity index is 772. The Balaban J connectivity index is 2.54. The molecule has 0 atom stereocenters. The summed E-state index contributed by atoms with van der Waals surface area (Å²) in [5.41, 5.74) is -2.00. The minimum atomic E-state index is -4.65. The number of hydrogen-bond donors (Lipinski definition) is 3. The topological polar surface area (TPSA) is 86.6 Å². The lowest BCUT2D eigenvalue weighted by atomic mass is 10.1. The average Bonchev–Trinajstić information content (AvgIpc) is 2.46. The molecule has 0 aromatic heterocycles. The normalized spacial score (nSPS) is 11.1. The Kier molecular flexibility index (Phi) is 4.26. The Hall–Kier alpha value is -3.03. The van der Waals surface area contributed by atoms with Crippen molar-refractivity contribution in [2.75, 3.05) is 5.32 Å². The van der Waals surface area contributed by atoms with Crippen molar-refractivity contribution in [3.63, 3.8) is 0 Å². The first-order valence-electron chi connectivity index (χ1n) is 6.24. The molecule has 0 aliphatic rings. The summed E-state index contributed by atoms with van der Waals surface area (Å²) in [5, 5.41) is 20.6. The molecule has 120 valence electrons. The fourth-order valence-electron chi connectivity index (χ4n) is 1.93. The molecule has 0 saturated carbocycles. The van der Waals surface area contributed by atoms with Gasteiger partial charge in [0.1, 0.15) is 0 Å². The Morgan fingerprint density at radius 2 is 1.43 bits per heavy atom. The summed E-state index contributed by atoms with van der Waals surface area (Å²) in [4.78, 5) is 22.3. The van der Waals surface area contributed by atoms with Crippen LogP contribution in [-0.2, 0) is 6.18 Å². The molecule has 5 nitrogen and oxygen atoms in total. The van der Waals surface area contributed by atoms with Gasteiger partial charge in [0.2, 0.25) is 0 Å². The fourth-order valence-corrected chi connectivity index (χ4v) is 1.93. The molecule has 0 fully saturated rings. The van der Waals surface area contributed by atoms with Crippen LogP contribution in [-0.4, -0.2) is 22.2 Å². The van der Waals surface area contributed by atoms with Crippen molar-refractivity contribution in [1.82, 2.24) is 0 Å². The van der Waals surface area contributed by atoms with Crippen molar-refractivity contribution in [2.24, 2.45) is 0 Å². The quantitative estimate of drug-likeness (QED) is 0.795. The number of aromatic carboxylic acids is 2. The molecule has 0 amide bonds. The van der Waals surface area contributed by atoms with Gasteiger partial charge in [0.05, 0.1) is 28.1 Å². The zero-order chi connectivity index (χ0) is 17.2. The van der Waals surface area contributed by atoms with E-state index < -0.39 is 29.2 Å². The molecule has 0 spiro atoms. The second-order valence-corrected chi connectivity index (χ2v) is 4.54. The minimum absolute atomic E-state index is 0.0122. The predicted octanol–water partition coefficient (Wildman–Crippen LogP) is 3.85. The molecule has 3 N–H and O–H groups in total. The van der Waals surface area contributed by atoms with Crippen LogP contribution < -0.4 is 5.32 Å². The van der Waals surface area contributed by atoms with Crippen molar-refractivity contribution in [2.45, 2.75) is 6.18 Å². The fraction of sp³-hybridized carbons (Fsp3) is 0.0667. The van der Waals surface area contributed by atoms with Gasteiger partial charge in [0.25, 0.3) is 0 Å². The van der Waals surface area contributed by atoms with Gasteiger partial charge in [-0.25, -0.2) is 9.59 Å². The number of benzene rings is 2. The first-order chi connectivity index (χ1) is 10.7. The van der Waals surface area contributed by atoms with Crippen molar-refractivity contribution < 1.29 is 33.0 Å². The van der Waals surface area contributed by atoms with Crippen LogP contribution in [0.2, 0.25) is 0 Å². The molecule has 0 bridgehead atoms. The van der Waals surface area contributed by atoms with Crippen LogP contribution in [0.25, 0.3) is 0 Å². The highest BCUT2D eigenvalue weighted by atomic mass is 19.4. The number of nitrogens with one attached hydrogen (secondary N) is 1. The first-order valence-corrected chi connectivity index (χ1v) is 6.24. The lowest BCUT2D eigenvalue weighted by Crippen LogP contribution is -2.10. The lowest BCUT2D eigenvalue weighted by Gasteiger charge is -2.14. The SMILES string of the molecule is O=C(O)c1ccccc1Nc1cc(C(F)(F)F)ccc1C(=O)O. The number of carboxylic acids is 2. The Labute approximate surface area is 128 Å². The molecule has 8 heteroatoms. The average molecular weight is 325 g/mol. The van der Waals surface area contributed by atoms with Gasteiger partial charge in [-0.2, -0.15) is 13.2 Å². The third kappa shape index (κ3) is 3.60. The highest BCUT2D eigenvalue weighted by Crippen LogP contribution is 2.33. The molecule has 23 heavy (non-hydrogen) atoms. The summed E-state index contributed by atoms with van der Waals surface area (Å²) in [7, 11) is 0. The second kappa shape index (κ2) is 5.99. The third-order valence-corrected chi connectivity index (χ3v) is 3.00. The van der Waals surface area contributed by atoms with E-state index in [2.05, 4.69) is 5.32 Å². The van der Waals surface area contributed by atoms with Gasteiger partial charge < -0.3 is 15.5 Å². The van der Waals surface area contributed by atoms with Crippen LogP contribution in [0.1, 0.15) is 26.3 Å². The predicted molar refractivity (Wildman–Crippen MR) is 75.1 cm³/mol. The van der Waals surface area contributed by atoms with E-state index in [-0.39, 0.29) is 16.9 Å². The summed E-state index contributed by atoms with van der Waals surface area (Å²) in [6.45, 7) is 0. The Morgan fingerprint density at radius 1 is 0.870 bits per heavy atom. The molecular weight excluding hydrogens is 315 g/mol. The lowest BCUT2D eigenvalue weighted by molar-refractivity contribution is -0.137. The van der Waals surface area contributed by atoms with E-state index in [9.17, 15) is 22.8 Å². The van der Waals surface area contributed by atoms with E-state index in [0.717, 1.165) is 6.07 Å². The van der Waals surface area contributed by atoms with Crippen LogP contribution in [0.4, 0.5) is 24.5 Å². The van der Waals surface area contributed by atoms with Gasteiger partial charge in [0, 0.05) is 0 Å². The van der Waals surface area contributed by atoms with Gasteiger partial charge in [-0.1, -0.05) is 12.1 Å². The van der Waals surface area contributed by atoms with Crippen molar-refractivity contribution in [1.29, 1.82) is 0 Å². The van der Waals surface area contributed by atoms with Crippen molar-refractivity contribution in [3.8, 4) is 0 Å². The molecule has 0 unspecified atom stereocenters. The second-order valence-electron chi connectivity index (χ2n) is 4.54. The molecule has 2 aromatic carbocycles. The molecule has 0 aliphatic carbocycles. The highest BCUT2D eigenvalue weighted by molar-refractivity contribution is 5.98. The number of rotatable bonds is 4. The van der Waals surface area contributed by atoms with E-state index in [1.807, 2.05) is 0 Å². The Morgan fingerprint density at radius 3 is 2.00 bits per heavy atom. The standard InChI is InChI=1S/C15H10F3NO4/c16-15(17,18)8-5-6-10(14(22)23)12(7-8)19-11-4-2-1-3-9(11)13(20)21/h1-7,19H,(H,20,21)(H,22,23). The summed E-state index contributed by atoms with van der Waals surface area (Å²) in [6.07, 6.45) is -4.65. The van der Waals surface area contributed by atoms with Crippen LogP contribution in [0, 0.1) is 0 Å². The van der Waals surface area contributed by atoms with Crippen LogP contribution >= 0.6 is 0 Å². The summed E-state index contributed by atoms with van der Waals surface area (Å²) in [5.74, 6) is -2.73. The summed E-state index contributed by atoms with van der Waals surface area (Å²) in [6, 6.07) is 7.59. The van der Waals surface area contributed by atoms with E-state index in [4.69, 9.17) is 10.2 Å². The smallest absolute Gasteiger partial charge is 0.416 e. The zero-order valence-electron chi connectivity index (χ0n) is 11.4. The van der Waals surface area contributed by atoms with Gasteiger partial charge in [0.15, 0.2) is 0 Å². The molecule has 0 saturated heterocycles. The number of hydrogen-bond acceptors (Lipinski definition) is 3. The molecule has 0 aliphatic heterocycles. The number of carboxylic acid groups (broad SMARTS) is 2. The van der Waals surface area contributed by atoms with Gasteiger partial charge >= 0.3 is 18.1 Å². The minimum Gasteiger partial charge on any atom is -0.478 e. The van der Waals surface area contributed by atoms with Gasteiger partial charge in [-0.05, 0) is 30.3 Å². The van der Waals surface area contributed by atoms with Gasteiger partial charge in [-0.15, -0.1) is 0 Å². The molecule has 2 aromatic rings. The van der Waals surface area contributed by atoms with Crippen molar-refractivity contribution in [3.05, 3.63) is 59.2 Å². The van der Waals surface area contributed by atoms with Crippen LogP contribution in [0.5, 0.6) is 0 Å². The van der Waals surface area contributed by atoms with Crippen LogP contribution in [0.15, 0.2) is 42.5 Å². The third-order valence-electron chi connectivity index (χ3n) is 3.00. The molecule has 0 radical (unpaired) electrons. The maximum atomic E-state index is 12.8. The van der Waals surface area contributed by atoms with Gasteiger partial charge in [-0.3, -0.25) is 0 Å². The number of anilines is 2. The maximum Gasteiger partial charge on any atom is 0.416 e. The number of carbonyl (C=O) groups is 2. The largest absolute Gasteiger partial charge is 0.478 e. The van der Waals surface area contributed by atoms with Crippen LogP contribution in [0.3, 0.4) is 0 Å². The van der Waals surface area contributed by atoms with E-state index in [1.54, 1.807) is 0 Å².